The van der Waals surface area contributed by atoms with Crippen LogP contribution >= 0.6 is 0 Å². The normalized spacial score (nSPS) is 29.1. The van der Waals surface area contributed by atoms with Crippen molar-refractivity contribution in [3.8, 4) is 0 Å². The van der Waals surface area contributed by atoms with Crippen LogP contribution in [0.3, 0.4) is 0 Å². The van der Waals surface area contributed by atoms with Crippen molar-refractivity contribution in [1.29, 1.82) is 0 Å². The summed E-state index contributed by atoms with van der Waals surface area (Å²) >= 11 is 0. The molecule has 2 aliphatic rings. The van der Waals surface area contributed by atoms with Gasteiger partial charge in [-0.3, -0.25) is 4.79 Å². The van der Waals surface area contributed by atoms with Gasteiger partial charge in [-0.1, -0.05) is 19.3 Å². The summed E-state index contributed by atoms with van der Waals surface area (Å²) in [5.74, 6) is 1.23. The molecule has 1 amide bonds. The van der Waals surface area contributed by atoms with Crippen LogP contribution in [-0.4, -0.2) is 36.5 Å². The van der Waals surface area contributed by atoms with Gasteiger partial charge in [0.1, 0.15) is 0 Å². The molecule has 3 heteroatoms. The summed E-state index contributed by atoms with van der Waals surface area (Å²) in [5, 5.41) is 3.26. The lowest BCUT2D eigenvalue weighted by atomic mass is 9.81. The van der Waals surface area contributed by atoms with Crippen LogP contribution in [0.25, 0.3) is 0 Å². The topological polar surface area (TPSA) is 32.3 Å². The molecule has 0 aromatic heterocycles. The number of piperidine rings is 1. The molecule has 1 unspecified atom stereocenters. The number of amides is 1. The lowest BCUT2D eigenvalue weighted by Crippen LogP contribution is -2.57. The molecule has 2 rings (SSSR count). The van der Waals surface area contributed by atoms with Crippen molar-refractivity contribution in [2.24, 2.45) is 5.92 Å². The van der Waals surface area contributed by atoms with E-state index in [2.05, 4.69) is 17.1 Å². The van der Waals surface area contributed by atoms with Gasteiger partial charge in [0.2, 0.25) is 5.91 Å². The second-order valence-electron chi connectivity index (χ2n) is 6.37. The molecule has 3 nitrogen and oxygen atoms in total. The van der Waals surface area contributed by atoms with Crippen LogP contribution < -0.4 is 5.32 Å². The summed E-state index contributed by atoms with van der Waals surface area (Å²) in [4.78, 5) is 14.6. The van der Waals surface area contributed by atoms with Gasteiger partial charge >= 0.3 is 0 Å². The smallest absolute Gasteiger partial charge is 0.223 e. The highest BCUT2D eigenvalue weighted by molar-refractivity contribution is 5.77. The van der Waals surface area contributed by atoms with Gasteiger partial charge in [-0.05, 0) is 45.6 Å². The summed E-state index contributed by atoms with van der Waals surface area (Å²) in [6.45, 7) is 4.12. The quantitative estimate of drug-likeness (QED) is 0.815. The lowest BCUT2D eigenvalue weighted by molar-refractivity contribution is -0.139. The van der Waals surface area contributed by atoms with Crippen molar-refractivity contribution in [2.75, 3.05) is 20.1 Å². The first-order valence-corrected chi connectivity index (χ1v) is 7.61. The molecule has 1 aliphatic carbocycles. The average molecular weight is 252 g/mol. The molecule has 0 bridgehead atoms. The second kappa shape index (κ2) is 6.05. The maximum absolute atomic E-state index is 12.4. The molecule has 1 aliphatic heterocycles. The van der Waals surface area contributed by atoms with E-state index in [1.54, 1.807) is 0 Å². The van der Waals surface area contributed by atoms with E-state index in [9.17, 15) is 4.79 Å². The van der Waals surface area contributed by atoms with Crippen LogP contribution in [0.4, 0.5) is 0 Å². The molecule has 0 aromatic carbocycles. The van der Waals surface area contributed by atoms with Crippen molar-refractivity contribution in [1.82, 2.24) is 10.2 Å². The number of hydrogen-bond acceptors (Lipinski definition) is 2. The lowest BCUT2D eigenvalue weighted by Gasteiger charge is -2.45. The standard InChI is InChI=1S/C15H28N2O/c1-15(12-16-2)10-3-4-11-17(15)14(18)9-8-13-6-5-7-13/h13,16H,3-12H2,1-2H3. The molecule has 104 valence electrons. The minimum Gasteiger partial charge on any atom is -0.336 e. The molecule has 1 N–H and O–H groups in total. The molecule has 1 saturated heterocycles. The summed E-state index contributed by atoms with van der Waals surface area (Å²) in [5.41, 5.74) is 0.0453. The van der Waals surface area contributed by atoms with E-state index in [-0.39, 0.29) is 5.54 Å². The molecule has 0 spiro atoms. The van der Waals surface area contributed by atoms with Crippen LogP contribution in [0.15, 0.2) is 0 Å². The Bertz CT molecular complexity index is 284. The monoisotopic (exact) mass is 252 g/mol. The third-order valence-electron chi connectivity index (χ3n) is 4.85. The third kappa shape index (κ3) is 3.05. The molecular weight excluding hydrogens is 224 g/mol. The van der Waals surface area contributed by atoms with Crippen molar-refractivity contribution < 1.29 is 4.79 Å². The maximum atomic E-state index is 12.4. The van der Waals surface area contributed by atoms with Gasteiger partial charge in [0.25, 0.3) is 0 Å². The molecule has 18 heavy (non-hydrogen) atoms. The Hall–Kier alpha value is -0.570. The number of rotatable bonds is 5. The van der Waals surface area contributed by atoms with Gasteiger partial charge < -0.3 is 10.2 Å². The van der Waals surface area contributed by atoms with Crippen LogP contribution in [-0.2, 0) is 4.79 Å². The van der Waals surface area contributed by atoms with Crippen LogP contribution in [0.1, 0.15) is 58.3 Å². The van der Waals surface area contributed by atoms with Gasteiger partial charge in [-0.2, -0.15) is 0 Å². The van der Waals surface area contributed by atoms with E-state index in [4.69, 9.17) is 0 Å². The number of carbonyl (C=O) groups excluding carboxylic acids is 1. The van der Waals surface area contributed by atoms with Crippen LogP contribution in [0, 0.1) is 5.92 Å². The highest BCUT2D eigenvalue weighted by Gasteiger charge is 2.36. The fraction of sp³-hybridized carbons (Fsp3) is 0.933. The predicted octanol–water partition coefficient (Wildman–Crippen LogP) is 2.56. The average Bonchev–Trinajstić information content (AvgIpc) is 2.27. The van der Waals surface area contributed by atoms with E-state index in [1.807, 2.05) is 7.05 Å². The van der Waals surface area contributed by atoms with Crippen molar-refractivity contribution in [2.45, 2.75) is 63.8 Å². The summed E-state index contributed by atoms with van der Waals surface area (Å²) in [7, 11) is 1.98. The van der Waals surface area contributed by atoms with E-state index >= 15 is 0 Å². The highest BCUT2D eigenvalue weighted by atomic mass is 16.2. The van der Waals surface area contributed by atoms with Crippen molar-refractivity contribution >= 4 is 5.91 Å². The van der Waals surface area contributed by atoms with Gasteiger partial charge in [0.05, 0.1) is 5.54 Å². The number of likely N-dealkylation sites (N-methyl/N-ethyl adjacent to an activating group) is 1. The molecular formula is C15H28N2O. The molecule has 0 radical (unpaired) electrons. The molecule has 1 heterocycles. The minimum atomic E-state index is 0.0453. The first-order chi connectivity index (χ1) is 8.65. The van der Waals surface area contributed by atoms with E-state index < -0.39 is 0 Å². The molecule has 1 saturated carbocycles. The summed E-state index contributed by atoms with van der Waals surface area (Å²) in [6, 6.07) is 0. The fourth-order valence-electron chi connectivity index (χ4n) is 3.42. The zero-order chi connectivity index (χ0) is 13.0. The molecule has 0 aromatic rings. The van der Waals surface area contributed by atoms with E-state index in [1.165, 1.54) is 32.1 Å². The Morgan fingerprint density at radius 1 is 1.33 bits per heavy atom. The third-order valence-corrected chi connectivity index (χ3v) is 4.85. The van der Waals surface area contributed by atoms with Crippen molar-refractivity contribution in [3.63, 3.8) is 0 Å². The first kappa shape index (κ1) is 13.9. The van der Waals surface area contributed by atoms with E-state index in [0.29, 0.717) is 5.91 Å². The fourth-order valence-corrected chi connectivity index (χ4v) is 3.42. The number of nitrogens with one attached hydrogen (secondary N) is 1. The number of likely N-dealkylation sites (tertiary alicyclic amines) is 1. The van der Waals surface area contributed by atoms with Crippen molar-refractivity contribution in [3.05, 3.63) is 0 Å². The molecule has 2 fully saturated rings. The van der Waals surface area contributed by atoms with Crippen LogP contribution in [0.2, 0.25) is 0 Å². The Labute approximate surface area is 111 Å². The Morgan fingerprint density at radius 3 is 2.72 bits per heavy atom. The largest absolute Gasteiger partial charge is 0.336 e. The SMILES string of the molecule is CNCC1(C)CCCCN1C(=O)CCC1CCC1. The predicted molar refractivity (Wildman–Crippen MR) is 74.5 cm³/mol. The Balaban J connectivity index is 1.88. The first-order valence-electron chi connectivity index (χ1n) is 7.61. The zero-order valence-electron chi connectivity index (χ0n) is 12.0. The minimum absolute atomic E-state index is 0.0453. The van der Waals surface area contributed by atoms with Gasteiger partial charge in [0.15, 0.2) is 0 Å². The van der Waals surface area contributed by atoms with Gasteiger partial charge in [-0.15, -0.1) is 0 Å². The molecule has 1 atom stereocenters. The van der Waals surface area contributed by atoms with E-state index in [0.717, 1.165) is 38.3 Å². The summed E-state index contributed by atoms with van der Waals surface area (Å²) in [6.07, 6.45) is 9.53. The Morgan fingerprint density at radius 2 is 2.11 bits per heavy atom. The highest BCUT2D eigenvalue weighted by Crippen LogP contribution is 2.32. The number of nitrogens with zero attached hydrogens (tertiary/aromatic N) is 1. The Kier molecular flexibility index (Phi) is 4.66. The van der Waals surface area contributed by atoms with Crippen LogP contribution in [0.5, 0.6) is 0 Å². The number of carbonyl (C=O) groups is 1. The maximum Gasteiger partial charge on any atom is 0.223 e. The second-order valence-corrected chi connectivity index (χ2v) is 6.37. The van der Waals surface area contributed by atoms with Gasteiger partial charge in [0, 0.05) is 19.5 Å². The zero-order valence-corrected chi connectivity index (χ0v) is 12.0. The number of hydrogen-bond donors (Lipinski definition) is 1. The van der Waals surface area contributed by atoms with Gasteiger partial charge in [-0.25, -0.2) is 0 Å². The summed E-state index contributed by atoms with van der Waals surface area (Å²) < 4.78 is 0.